The van der Waals surface area contributed by atoms with Gasteiger partial charge in [-0.25, -0.2) is 0 Å². The molecule has 0 bridgehead atoms. The van der Waals surface area contributed by atoms with Crippen LogP contribution in [-0.2, 0) is 11.2 Å². The molecule has 2 N–H and O–H groups in total. The SMILES string of the molecule is O=C1Cc2ccc(-c3ccc(O)cc3)cc2C(=O)N1O. The third-order valence-corrected chi connectivity index (χ3v) is 3.31. The highest BCUT2D eigenvalue weighted by Gasteiger charge is 2.30. The van der Waals surface area contributed by atoms with Crippen molar-refractivity contribution in [2.45, 2.75) is 6.42 Å². The van der Waals surface area contributed by atoms with Crippen molar-refractivity contribution in [2.24, 2.45) is 0 Å². The zero-order valence-corrected chi connectivity index (χ0v) is 10.4. The highest BCUT2D eigenvalue weighted by atomic mass is 16.5. The Bertz CT molecular complexity index is 706. The summed E-state index contributed by atoms with van der Waals surface area (Å²) >= 11 is 0. The molecule has 0 spiro atoms. The van der Waals surface area contributed by atoms with E-state index in [1.54, 1.807) is 42.5 Å². The fraction of sp³-hybridized carbons (Fsp3) is 0.0667. The zero-order valence-electron chi connectivity index (χ0n) is 10.4. The normalized spacial score (nSPS) is 14.3. The fourth-order valence-corrected chi connectivity index (χ4v) is 2.23. The minimum Gasteiger partial charge on any atom is -0.508 e. The predicted molar refractivity (Wildman–Crippen MR) is 70.2 cm³/mol. The van der Waals surface area contributed by atoms with Crippen LogP contribution >= 0.6 is 0 Å². The van der Waals surface area contributed by atoms with Crippen molar-refractivity contribution in [1.29, 1.82) is 0 Å². The molecule has 0 saturated heterocycles. The van der Waals surface area contributed by atoms with Crippen LogP contribution < -0.4 is 0 Å². The average molecular weight is 269 g/mol. The van der Waals surface area contributed by atoms with E-state index in [0.29, 0.717) is 11.1 Å². The number of carbonyl (C=O) groups excluding carboxylic acids is 2. The van der Waals surface area contributed by atoms with Gasteiger partial charge in [0.25, 0.3) is 11.8 Å². The molecule has 1 aliphatic rings. The van der Waals surface area contributed by atoms with Crippen LogP contribution in [0.1, 0.15) is 15.9 Å². The Morgan fingerprint density at radius 3 is 2.30 bits per heavy atom. The first-order valence-corrected chi connectivity index (χ1v) is 6.05. The van der Waals surface area contributed by atoms with E-state index < -0.39 is 11.8 Å². The molecule has 0 fully saturated rings. The molecule has 2 amide bonds. The molecule has 0 aromatic heterocycles. The summed E-state index contributed by atoms with van der Waals surface area (Å²) in [5, 5.41) is 18.8. The number of carbonyl (C=O) groups is 2. The first-order valence-electron chi connectivity index (χ1n) is 6.05. The Kier molecular flexibility index (Phi) is 2.76. The molecule has 5 nitrogen and oxygen atoms in total. The summed E-state index contributed by atoms with van der Waals surface area (Å²) < 4.78 is 0. The van der Waals surface area contributed by atoms with Gasteiger partial charge in [-0.3, -0.25) is 14.8 Å². The smallest absolute Gasteiger partial charge is 0.284 e. The molecular weight excluding hydrogens is 258 g/mol. The molecule has 20 heavy (non-hydrogen) atoms. The van der Waals surface area contributed by atoms with Gasteiger partial charge in [0, 0.05) is 5.56 Å². The van der Waals surface area contributed by atoms with Crippen molar-refractivity contribution in [3.05, 3.63) is 53.6 Å². The van der Waals surface area contributed by atoms with E-state index in [-0.39, 0.29) is 17.2 Å². The summed E-state index contributed by atoms with van der Waals surface area (Å²) in [4.78, 5) is 23.3. The molecule has 0 unspecified atom stereocenters. The molecule has 0 saturated carbocycles. The Hall–Kier alpha value is -2.66. The number of benzene rings is 2. The van der Waals surface area contributed by atoms with E-state index in [1.165, 1.54) is 0 Å². The van der Waals surface area contributed by atoms with Gasteiger partial charge in [-0.2, -0.15) is 5.06 Å². The van der Waals surface area contributed by atoms with E-state index >= 15 is 0 Å². The highest BCUT2D eigenvalue weighted by molar-refractivity contribution is 6.09. The lowest BCUT2D eigenvalue weighted by molar-refractivity contribution is -0.153. The fourth-order valence-electron chi connectivity index (χ4n) is 2.23. The lowest BCUT2D eigenvalue weighted by atomic mass is 9.94. The molecule has 2 aromatic rings. The number of hydrogen-bond donors (Lipinski definition) is 2. The Morgan fingerprint density at radius 1 is 0.950 bits per heavy atom. The van der Waals surface area contributed by atoms with Crippen molar-refractivity contribution in [3.63, 3.8) is 0 Å². The number of amides is 2. The van der Waals surface area contributed by atoms with Crippen molar-refractivity contribution in [3.8, 4) is 16.9 Å². The van der Waals surface area contributed by atoms with E-state index in [1.807, 2.05) is 0 Å². The maximum atomic E-state index is 11.9. The predicted octanol–water partition coefficient (Wildman–Crippen LogP) is 1.97. The summed E-state index contributed by atoms with van der Waals surface area (Å²) in [6.45, 7) is 0. The van der Waals surface area contributed by atoms with E-state index in [4.69, 9.17) is 0 Å². The van der Waals surface area contributed by atoms with Crippen LogP contribution in [0.5, 0.6) is 5.75 Å². The Balaban J connectivity index is 2.07. The number of nitrogens with zero attached hydrogens (tertiary/aromatic N) is 1. The van der Waals surface area contributed by atoms with Gasteiger partial charge in [-0.15, -0.1) is 0 Å². The zero-order chi connectivity index (χ0) is 14.3. The summed E-state index contributed by atoms with van der Waals surface area (Å²) in [5.74, 6) is -1.17. The number of hydrogen-bond acceptors (Lipinski definition) is 4. The summed E-state index contributed by atoms with van der Waals surface area (Å²) in [5.41, 5.74) is 2.53. The van der Waals surface area contributed by atoms with Gasteiger partial charge in [0.1, 0.15) is 5.75 Å². The third kappa shape index (κ3) is 1.94. The van der Waals surface area contributed by atoms with Gasteiger partial charge in [-0.05, 0) is 34.9 Å². The minimum atomic E-state index is -0.711. The summed E-state index contributed by atoms with van der Waals surface area (Å²) in [7, 11) is 0. The van der Waals surface area contributed by atoms with Crippen LogP contribution in [-0.4, -0.2) is 27.2 Å². The van der Waals surface area contributed by atoms with Crippen LogP contribution in [0.2, 0.25) is 0 Å². The first-order chi connectivity index (χ1) is 9.56. The van der Waals surface area contributed by atoms with Gasteiger partial charge in [0.05, 0.1) is 6.42 Å². The number of rotatable bonds is 1. The maximum Gasteiger partial charge on any atom is 0.284 e. The molecule has 1 aliphatic heterocycles. The molecule has 3 rings (SSSR count). The molecule has 1 heterocycles. The average Bonchev–Trinajstić information content (AvgIpc) is 2.46. The number of hydroxylamine groups is 2. The highest BCUT2D eigenvalue weighted by Crippen LogP contribution is 2.27. The quantitative estimate of drug-likeness (QED) is 0.613. The van der Waals surface area contributed by atoms with E-state index in [0.717, 1.165) is 11.1 Å². The van der Waals surface area contributed by atoms with Crippen molar-refractivity contribution >= 4 is 11.8 Å². The van der Waals surface area contributed by atoms with Crippen LogP contribution in [0.15, 0.2) is 42.5 Å². The molecule has 100 valence electrons. The number of fused-ring (bicyclic) bond motifs is 1. The van der Waals surface area contributed by atoms with Crippen LogP contribution in [0.25, 0.3) is 11.1 Å². The van der Waals surface area contributed by atoms with Crippen LogP contribution in [0.3, 0.4) is 0 Å². The Labute approximate surface area is 114 Å². The molecule has 0 atom stereocenters. The van der Waals surface area contributed by atoms with Crippen molar-refractivity contribution in [1.82, 2.24) is 5.06 Å². The number of imide groups is 1. The largest absolute Gasteiger partial charge is 0.508 e. The van der Waals surface area contributed by atoms with E-state index in [9.17, 15) is 19.9 Å². The van der Waals surface area contributed by atoms with Crippen LogP contribution in [0, 0.1) is 0 Å². The second-order valence-electron chi connectivity index (χ2n) is 4.61. The lowest BCUT2D eigenvalue weighted by Crippen LogP contribution is -2.39. The third-order valence-electron chi connectivity index (χ3n) is 3.31. The monoisotopic (exact) mass is 269 g/mol. The topological polar surface area (TPSA) is 77.8 Å². The van der Waals surface area contributed by atoms with E-state index in [2.05, 4.69) is 0 Å². The summed E-state index contributed by atoms with van der Waals surface area (Å²) in [6.07, 6.45) is 0.00737. The van der Waals surface area contributed by atoms with Gasteiger partial charge >= 0.3 is 0 Å². The minimum absolute atomic E-state index is 0.00737. The molecular formula is C15H11NO4. The second kappa shape index (κ2) is 4.47. The van der Waals surface area contributed by atoms with Gasteiger partial charge < -0.3 is 5.11 Å². The van der Waals surface area contributed by atoms with Crippen molar-refractivity contribution in [2.75, 3.05) is 0 Å². The second-order valence-corrected chi connectivity index (χ2v) is 4.61. The number of phenols is 1. The standard InChI is InChI=1S/C15H11NO4/c17-12-5-3-9(4-6-12)10-1-2-11-8-14(18)16(20)15(19)13(11)7-10/h1-7,17,20H,8H2. The molecule has 0 radical (unpaired) electrons. The first kappa shape index (κ1) is 12.4. The summed E-state index contributed by atoms with van der Waals surface area (Å²) in [6, 6.07) is 11.7. The maximum absolute atomic E-state index is 11.9. The number of aromatic hydroxyl groups is 1. The Morgan fingerprint density at radius 2 is 1.60 bits per heavy atom. The lowest BCUT2D eigenvalue weighted by Gasteiger charge is -2.21. The molecule has 5 heteroatoms. The molecule has 0 aliphatic carbocycles. The van der Waals surface area contributed by atoms with Gasteiger partial charge in [0.15, 0.2) is 0 Å². The van der Waals surface area contributed by atoms with Crippen molar-refractivity contribution < 1.29 is 19.9 Å². The van der Waals surface area contributed by atoms with Crippen LogP contribution in [0.4, 0.5) is 0 Å². The van der Waals surface area contributed by atoms with Gasteiger partial charge in [-0.1, -0.05) is 24.3 Å². The molecule has 2 aromatic carbocycles. The number of phenolic OH excluding ortho intramolecular Hbond substituents is 1. The van der Waals surface area contributed by atoms with Gasteiger partial charge in [0.2, 0.25) is 0 Å².